The van der Waals surface area contributed by atoms with Crippen LogP contribution in [0, 0.1) is 5.41 Å². The van der Waals surface area contributed by atoms with Gasteiger partial charge in [0.2, 0.25) is 0 Å². The van der Waals surface area contributed by atoms with Gasteiger partial charge in [0, 0.05) is 12.6 Å². The van der Waals surface area contributed by atoms with Crippen molar-refractivity contribution in [3.63, 3.8) is 0 Å². The molecule has 0 aromatic heterocycles. The van der Waals surface area contributed by atoms with E-state index in [9.17, 15) is 0 Å². The van der Waals surface area contributed by atoms with Crippen molar-refractivity contribution in [2.75, 3.05) is 13.7 Å². The summed E-state index contributed by atoms with van der Waals surface area (Å²) < 4.78 is 5.20. The van der Waals surface area contributed by atoms with E-state index in [0.717, 1.165) is 12.3 Å². The number of benzene rings is 1. The summed E-state index contributed by atoms with van der Waals surface area (Å²) in [7, 11) is 1.71. The van der Waals surface area contributed by atoms with Crippen LogP contribution in [0.1, 0.15) is 57.6 Å². The second kappa shape index (κ2) is 6.42. The van der Waals surface area contributed by atoms with Crippen LogP contribution in [0.2, 0.25) is 0 Å². The Balaban J connectivity index is 1.87. The highest BCUT2D eigenvalue weighted by molar-refractivity contribution is 5.28. The molecule has 106 valence electrons. The molecule has 2 rings (SSSR count). The lowest BCUT2D eigenvalue weighted by Crippen LogP contribution is -2.34. The van der Waals surface area contributed by atoms with Crippen molar-refractivity contribution >= 4 is 0 Å². The van der Waals surface area contributed by atoms with E-state index >= 15 is 0 Å². The maximum Gasteiger partial charge on any atom is 0.118 e. The van der Waals surface area contributed by atoms with Gasteiger partial charge in [-0.1, -0.05) is 38.3 Å². The lowest BCUT2D eigenvalue weighted by molar-refractivity contribution is 0.202. The Morgan fingerprint density at radius 2 is 1.79 bits per heavy atom. The SMILES string of the molecule is COc1ccc(C(C)NCC2(C)CCCCC2)cc1. The number of methoxy groups -OCH3 is 1. The molecule has 2 heteroatoms. The van der Waals surface area contributed by atoms with Gasteiger partial charge in [-0.05, 0) is 42.9 Å². The summed E-state index contributed by atoms with van der Waals surface area (Å²) in [6, 6.07) is 8.79. The fourth-order valence-electron chi connectivity index (χ4n) is 2.99. The monoisotopic (exact) mass is 261 g/mol. The highest BCUT2D eigenvalue weighted by Gasteiger charge is 2.26. The normalized spacial score (nSPS) is 19.9. The number of hydrogen-bond acceptors (Lipinski definition) is 2. The Kier molecular flexibility index (Phi) is 4.87. The van der Waals surface area contributed by atoms with Crippen molar-refractivity contribution in [2.24, 2.45) is 5.41 Å². The van der Waals surface area contributed by atoms with Crippen LogP contribution in [-0.4, -0.2) is 13.7 Å². The molecule has 1 atom stereocenters. The molecule has 1 saturated carbocycles. The van der Waals surface area contributed by atoms with E-state index in [4.69, 9.17) is 4.74 Å². The largest absolute Gasteiger partial charge is 0.497 e. The Hall–Kier alpha value is -1.02. The summed E-state index contributed by atoms with van der Waals surface area (Å²) in [5.74, 6) is 0.926. The van der Waals surface area contributed by atoms with Crippen molar-refractivity contribution < 1.29 is 4.74 Å². The van der Waals surface area contributed by atoms with Crippen molar-refractivity contribution in [3.8, 4) is 5.75 Å². The molecule has 1 aromatic carbocycles. The second-order valence-electron chi connectivity index (χ2n) is 6.25. The van der Waals surface area contributed by atoms with Gasteiger partial charge in [-0.25, -0.2) is 0 Å². The summed E-state index contributed by atoms with van der Waals surface area (Å²) >= 11 is 0. The summed E-state index contributed by atoms with van der Waals surface area (Å²) in [5.41, 5.74) is 1.83. The lowest BCUT2D eigenvalue weighted by atomic mass is 9.75. The van der Waals surface area contributed by atoms with Crippen LogP contribution < -0.4 is 10.1 Å². The molecule has 0 spiro atoms. The maximum absolute atomic E-state index is 5.20. The number of rotatable bonds is 5. The second-order valence-corrected chi connectivity index (χ2v) is 6.25. The zero-order valence-electron chi connectivity index (χ0n) is 12.5. The molecule has 0 amide bonds. The summed E-state index contributed by atoms with van der Waals surface area (Å²) in [6.07, 6.45) is 6.96. The van der Waals surface area contributed by atoms with E-state index in [-0.39, 0.29) is 0 Å². The smallest absolute Gasteiger partial charge is 0.118 e. The van der Waals surface area contributed by atoms with Crippen LogP contribution in [0.3, 0.4) is 0 Å². The molecule has 19 heavy (non-hydrogen) atoms. The molecule has 1 fully saturated rings. The Morgan fingerprint density at radius 3 is 2.37 bits per heavy atom. The van der Waals surface area contributed by atoms with E-state index in [0.29, 0.717) is 11.5 Å². The predicted octanol–water partition coefficient (Wildman–Crippen LogP) is 4.32. The zero-order valence-corrected chi connectivity index (χ0v) is 12.5. The first kappa shape index (κ1) is 14.4. The first-order valence-corrected chi connectivity index (χ1v) is 7.50. The van der Waals surface area contributed by atoms with Crippen molar-refractivity contribution in [3.05, 3.63) is 29.8 Å². The van der Waals surface area contributed by atoms with Crippen molar-refractivity contribution in [1.29, 1.82) is 0 Å². The van der Waals surface area contributed by atoms with Gasteiger partial charge in [-0.3, -0.25) is 0 Å². The molecule has 1 aliphatic rings. The fourth-order valence-corrected chi connectivity index (χ4v) is 2.99. The minimum atomic E-state index is 0.407. The van der Waals surface area contributed by atoms with Gasteiger partial charge >= 0.3 is 0 Å². The van der Waals surface area contributed by atoms with Gasteiger partial charge in [0.15, 0.2) is 0 Å². The average molecular weight is 261 g/mol. The van der Waals surface area contributed by atoms with Crippen LogP contribution in [0.15, 0.2) is 24.3 Å². The molecule has 0 bridgehead atoms. The topological polar surface area (TPSA) is 21.3 Å². The number of nitrogens with one attached hydrogen (secondary N) is 1. The van der Waals surface area contributed by atoms with Gasteiger partial charge in [-0.15, -0.1) is 0 Å². The molecule has 1 N–H and O–H groups in total. The fraction of sp³-hybridized carbons (Fsp3) is 0.647. The minimum absolute atomic E-state index is 0.407. The molecular formula is C17H27NO. The maximum atomic E-state index is 5.20. The highest BCUT2D eigenvalue weighted by Crippen LogP contribution is 2.35. The van der Waals surface area contributed by atoms with Crippen LogP contribution in [0.25, 0.3) is 0 Å². The van der Waals surface area contributed by atoms with E-state index in [1.54, 1.807) is 7.11 Å². The van der Waals surface area contributed by atoms with Gasteiger partial charge in [-0.2, -0.15) is 0 Å². The van der Waals surface area contributed by atoms with Gasteiger partial charge in [0.25, 0.3) is 0 Å². The third kappa shape index (κ3) is 3.97. The summed E-state index contributed by atoms with van der Waals surface area (Å²) in [6.45, 7) is 5.80. The highest BCUT2D eigenvalue weighted by atomic mass is 16.5. The molecular weight excluding hydrogens is 234 g/mol. The molecule has 1 aromatic rings. The summed E-state index contributed by atoms with van der Waals surface area (Å²) in [5, 5.41) is 3.71. The Morgan fingerprint density at radius 1 is 1.16 bits per heavy atom. The molecule has 0 saturated heterocycles. The van der Waals surface area contributed by atoms with Gasteiger partial charge in [0.05, 0.1) is 7.11 Å². The zero-order chi connectivity index (χ0) is 13.7. The lowest BCUT2D eigenvalue weighted by Gasteiger charge is -2.35. The number of hydrogen-bond donors (Lipinski definition) is 1. The van der Waals surface area contributed by atoms with Crippen LogP contribution in [0.4, 0.5) is 0 Å². The molecule has 1 aliphatic carbocycles. The van der Waals surface area contributed by atoms with Gasteiger partial charge < -0.3 is 10.1 Å². The molecule has 0 aliphatic heterocycles. The summed E-state index contributed by atoms with van der Waals surface area (Å²) in [4.78, 5) is 0. The van der Waals surface area contributed by atoms with Crippen molar-refractivity contribution in [1.82, 2.24) is 5.32 Å². The van der Waals surface area contributed by atoms with Crippen molar-refractivity contribution in [2.45, 2.75) is 52.0 Å². The quantitative estimate of drug-likeness (QED) is 0.852. The first-order valence-electron chi connectivity index (χ1n) is 7.50. The molecule has 2 nitrogen and oxygen atoms in total. The third-order valence-corrected chi connectivity index (χ3v) is 4.51. The predicted molar refractivity (Wildman–Crippen MR) is 80.6 cm³/mol. The molecule has 0 radical (unpaired) electrons. The number of ether oxygens (including phenoxy) is 1. The molecule has 0 heterocycles. The van der Waals surface area contributed by atoms with Crippen LogP contribution in [-0.2, 0) is 0 Å². The van der Waals surface area contributed by atoms with Gasteiger partial charge in [0.1, 0.15) is 5.75 Å². The van der Waals surface area contributed by atoms with E-state index in [1.165, 1.54) is 37.7 Å². The minimum Gasteiger partial charge on any atom is -0.497 e. The Labute approximate surface area is 117 Å². The van der Waals surface area contributed by atoms with E-state index in [1.807, 2.05) is 12.1 Å². The average Bonchev–Trinajstić information content (AvgIpc) is 2.46. The van der Waals surface area contributed by atoms with Crippen LogP contribution in [0.5, 0.6) is 5.75 Å². The standard InChI is InChI=1S/C17H27NO/c1-14(15-7-9-16(19-3)10-8-15)18-13-17(2)11-5-4-6-12-17/h7-10,14,18H,4-6,11-13H2,1-3H3. The third-order valence-electron chi connectivity index (χ3n) is 4.51. The van der Waals surface area contributed by atoms with E-state index in [2.05, 4.69) is 31.3 Å². The Bertz CT molecular complexity index is 379. The van der Waals surface area contributed by atoms with Crippen LogP contribution >= 0.6 is 0 Å². The van der Waals surface area contributed by atoms with E-state index < -0.39 is 0 Å². The first-order chi connectivity index (χ1) is 9.13. The molecule has 1 unspecified atom stereocenters.